The van der Waals surface area contributed by atoms with Gasteiger partial charge in [0.2, 0.25) is 0 Å². The van der Waals surface area contributed by atoms with Crippen LogP contribution in [0.4, 0.5) is 32.0 Å². The van der Waals surface area contributed by atoms with Gasteiger partial charge in [0.25, 0.3) is 5.91 Å². The van der Waals surface area contributed by atoms with Crippen molar-refractivity contribution in [2.75, 3.05) is 5.32 Å². The number of hydrogen-bond donors (Lipinski definition) is 1. The summed E-state index contributed by atoms with van der Waals surface area (Å²) in [5.74, 6) is -0.955. The second-order valence-electron chi connectivity index (χ2n) is 6.21. The third-order valence-corrected chi connectivity index (χ3v) is 4.32. The van der Waals surface area contributed by atoms with Crippen molar-refractivity contribution < 1.29 is 31.1 Å². The number of hydrogen-bond acceptors (Lipinski definition) is 3. The molecule has 0 atom stereocenters. The van der Waals surface area contributed by atoms with E-state index in [1.165, 1.54) is 29.2 Å². The van der Waals surface area contributed by atoms with Crippen LogP contribution < -0.4 is 5.32 Å². The fraction of sp³-hybridized carbons (Fsp3) is 0.235. The Labute approximate surface area is 170 Å². The highest BCUT2D eigenvalue weighted by molar-refractivity contribution is 6.34. The first-order valence-electron chi connectivity index (χ1n) is 8.16. The predicted octanol–water partition coefficient (Wildman–Crippen LogP) is 4.61. The van der Waals surface area contributed by atoms with Crippen LogP contribution >= 0.6 is 11.6 Å². The Hall–Kier alpha value is -3.02. The summed E-state index contributed by atoms with van der Waals surface area (Å²) in [5.41, 5.74) is -2.29. The molecule has 3 aromatic rings. The Morgan fingerprint density at radius 1 is 1.17 bits per heavy atom. The molecule has 0 aliphatic rings. The standard InChI is InChI=1S/C17H12ClF6N5O/c1-28-13(12(18)14(27-28)17(22,23)24)15(30)26-11-6-25-29(8-11)7-9-3-2-4-10(5-9)16(19,20)21/h2-6,8H,7H2,1H3,(H,26,30). The number of nitrogens with one attached hydrogen (secondary N) is 1. The van der Waals surface area contributed by atoms with Gasteiger partial charge in [-0.25, -0.2) is 0 Å². The van der Waals surface area contributed by atoms with Crippen LogP contribution in [0.25, 0.3) is 0 Å². The third kappa shape index (κ3) is 4.58. The summed E-state index contributed by atoms with van der Waals surface area (Å²) in [6, 6.07) is 4.63. The molecule has 2 heterocycles. The Morgan fingerprint density at radius 2 is 1.87 bits per heavy atom. The van der Waals surface area contributed by atoms with Gasteiger partial charge in [-0.1, -0.05) is 23.7 Å². The normalized spacial score (nSPS) is 12.3. The van der Waals surface area contributed by atoms with Gasteiger partial charge in [0.1, 0.15) is 10.7 Å². The summed E-state index contributed by atoms with van der Waals surface area (Å²) in [5, 5.41) is 8.63. The zero-order valence-electron chi connectivity index (χ0n) is 15.0. The van der Waals surface area contributed by atoms with Gasteiger partial charge < -0.3 is 5.32 Å². The number of nitrogens with zero attached hydrogens (tertiary/aromatic N) is 4. The summed E-state index contributed by atoms with van der Waals surface area (Å²) in [6.45, 7) is -0.0233. The number of rotatable bonds is 4. The lowest BCUT2D eigenvalue weighted by Gasteiger charge is -2.08. The van der Waals surface area contributed by atoms with E-state index in [9.17, 15) is 31.1 Å². The van der Waals surface area contributed by atoms with E-state index in [4.69, 9.17) is 11.6 Å². The molecule has 0 aliphatic carbocycles. The number of aromatic nitrogens is 4. The third-order valence-electron chi connectivity index (χ3n) is 3.96. The molecule has 2 aromatic heterocycles. The van der Waals surface area contributed by atoms with Crippen molar-refractivity contribution in [1.82, 2.24) is 19.6 Å². The van der Waals surface area contributed by atoms with E-state index in [0.717, 1.165) is 19.2 Å². The van der Waals surface area contributed by atoms with Crippen LogP contribution in [-0.2, 0) is 25.9 Å². The molecule has 0 aliphatic heterocycles. The lowest BCUT2D eigenvalue weighted by atomic mass is 10.1. The molecule has 160 valence electrons. The van der Waals surface area contributed by atoms with E-state index < -0.39 is 40.2 Å². The van der Waals surface area contributed by atoms with Gasteiger partial charge in [-0.2, -0.15) is 36.5 Å². The molecule has 0 unspecified atom stereocenters. The molecule has 0 saturated carbocycles. The zero-order valence-corrected chi connectivity index (χ0v) is 15.8. The van der Waals surface area contributed by atoms with E-state index >= 15 is 0 Å². The lowest BCUT2D eigenvalue weighted by molar-refractivity contribution is -0.141. The molecule has 1 aromatic carbocycles. The number of aryl methyl sites for hydroxylation is 1. The second-order valence-corrected chi connectivity index (χ2v) is 6.59. The molecule has 0 bridgehead atoms. The van der Waals surface area contributed by atoms with Crippen molar-refractivity contribution in [3.63, 3.8) is 0 Å². The molecular weight excluding hydrogens is 440 g/mol. The van der Waals surface area contributed by atoms with E-state index in [0.29, 0.717) is 10.2 Å². The number of benzene rings is 1. The minimum absolute atomic E-state index is 0.0233. The largest absolute Gasteiger partial charge is 0.436 e. The van der Waals surface area contributed by atoms with Crippen molar-refractivity contribution in [1.29, 1.82) is 0 Å². The summed E-state index contributed by atoms with van der Waals surface area (Å²) in [7, 11) is 1.13. The fourth-order valence-corrected chi connectivity index (χ4v) is 3.02. The number of anilines is 1. The van der Waals surface area contributed by atoms with Crippen molar-refractivity contribution in [3.8, 4) is 0 Å². The monoisotopic (exact) mass is 451 g/mol. The highest BCUT2D eigenvalue weighted by Crippen LogP contribution is 2.35. The first-order chi connectivity index (χ1) is 13.9. The van der Waals surface area contributed by atoms with Crippen LogP contribution in [0.2, 0.25) is 5.02 Å². The van der Waals surface area contributed by atoms with Crippen LogP contribution in [0, 0.1) is 0 Å². The van der Waals surface area contributed by atoms with Crippen LogP contribution in [0.1, 0.15) is 27.3 Å². The number of alkyl halides is 6. The average Bonchev–Trinajstić information content (AvgIpc) is 3.17. The van der Waals surface area contributed by atoms with Gasteiger partial charge in [-0.05, 0) is 17.7 Å². The van der Waals surface area contributed by atoms with E-state index in [1.807, 2.05) is 0 Å². The quantitative estimate of drug-likeness (QED) is 0.589. The van der Waals surface area contributed by atoms with Crippen LogP contribution in [-0.4, -0.2) is 25.5 Å². The molecule has 0 radical (unpaired) electrons. The van der Waals surface area contributed by atoms with Crippen molar-refractivity contribution in [3.05, 3.63) is 64.2 Å². The van der Waals surface area contributed by atoms with Gasteiger partial charge in [-0.15, -0.1) is 0 Å². The van der Waals surface area contributed by atoms with Crippen molar-refractivity contribution >= 4 is 23.2 Å². The maximum atomic E-state index is 12.9. The molecule has 0 fully saturated rings. The van der Waals surface area contributed by atoms with Crippen LogP contribution in [0.15, 0.2) is 36.7 Å². The number of carbonyl (C=O) groups is 1. The summed E-state index contributed by atoms with van der Waals surface area (Å²) >= 11 is 5.66. The molecular formula is C17H12ClF6N5O. The lowest BCUT2D eigenvalue weighted by Crippen LogP contribution is -2.16. The average molecular weight is 452 g/mol. The van der Waals surface area contributed by atoms with E-state index in [1.54, 1.807) is 0 Å². The predicted molar refractivity (Wildman–Crippen MR) is 93.9 cm³/mol. The van der Waals surface area contributed by atoms with E-state index in [2.05, 4.69) is 15.5 Å². The minimum Gasteiger partial charge on any atom is -0.318 e. The van der Waals surface area contributed by atoms with Crippen molar-refractivity contribution in [2.45, 2.75) is 18.9 Å². The smallest absolute Gasteiger partial charge is 0.318 e. The zero-order chi connectivity index (χ0) is 22.3. The highest BCUT2D eigenvalue weighted by Gasteiger charge is 2.39. The van der Waals surface area contributed by atoms with Gasteiger partial charge in [0.15, 0.2) is 5.69 Å². The Kier molecular flexibility index (Phi) is 5.54. The summed E-state index contributed by atoms with van der Waals surface area (Å²) < 4.78 is 79.0. The molecule has 0 spiro atoms. The summed E-state index contributed by atoms with van der Waals surface area (Å²) in [6.07, 6.45) is -6.81. The Bertz CT molecular complexity index is 1090. The first kappa shape index (κ1) is 21.7. The number of amides is 1. The van der Waals surface area contributed by atoms with Gasteiger partial charge in [0, 0.05) is 13.2 Å². The molecule has 0 saturated heterocycles. The molecule has 6 nitrogen and oxygen atoms in total. The van der Waals surface area contributed by atoms with Crippen molar-refractivity contribution in [2.24, 2.45) is 7.05 Å². The van der Waals surface area contributed by atoms with Gasteiger partial charge in [0.05, 0.1) is 24.0 Å². The Morgan fingerprint density at radius 3 is 2.47 bits per heavy atom. The fourth-order valence-electron chi connectivity index (χ4n) is 2.66. The SMILES string of the molecule is Cn1nc(C(F)(F)F)c(Cl)c1C(=O)Nc1cnn(Cc2cccc(C(F)(F)F)c2)c1. The molecule has 1 N–H and O–H groups in total. The highest BCUT2D eigenvalue weighted by atomic mass is 35.5. The maximum absolute atomic E-state index is 12.9. The Balaban J connectivity index is 1.75. The molecule has 30 heavy (non-hydrogen) atoms. The number of halogens is 7. The molecule has 3 rings (SSSR count). The van der Waals surface area contributed by atoms with Crippen LogP contribution in [0.5, 0.6) is 0 Å². The first-order valence-corrected chi connectivity index (χ1v) is 8.53. The maximum Gasteiger partial charge on any atom is 0.436 e. The topological polar surface area (TPSA) is 64.7 Å². The number of carbonyl (C=O) groups excluding carboxylic acids is 1. The van der Waals surface area contributed by atoms with Crippen LogP contribution in [0.3, 0.4) is 0 Å². The van der Waals surface area contributed by atoms with Gasteiger partial charge in [-0.3, -0.25) is 14.2 Å². The second kappa shape index (κ2) is 7.67. The molecule has 1 amide bonds. The summed E-state index contributed by atoms with van der Waals surface area (Å²) in [4.78, 5) is 12.3. The van der Waals surface area contributed by atoms with E-state index in [-0.39, 0.29) is 12.2 Å². The minimum atomic E-state index is -4.83. The molecule has 13 heteroatoms. The van der Waals surface area contributed by atoms with Gasteiger partial charge >= 0.3 is 12.4 Å².